The number of carbonyl (C=O) groups excluding carboxylic acids is 1. The summed E-state index contributed by atoms with van der Waals surface area (Å²) in [5.41, 5.74) is 13.1. The molecule has 1 amide bonds. The number of halogens is 4. The molecule has 0 atom stereocenters. The van der Waals surface area contributed by atoms with Gasteiger partial charge in [0, 0.05) is 72.8 Å². The zero-order chi connectivity index (χ0) is 79.0. The van der Waals surface area contributed by atoms with Gasteiger partial charge in [0.2, 0.25) is 17.2 Å². The number of amides is 1. The second-order valence-corrected chi connectivity index (χ2v) is 30.3. The molecule has 2 aliphatic heterocycles. The number of carbonyl (C=O) groups is 2. The van der Waals surface area contributed by atoms with E-state index in [2.05, 4.69) is 99.1 Å². The van der Waals surface area contributed by atoms with Crippen molar-refractivity contribution >= 4 is 124 Å². The smallest absolute Gasteiger partial charge is 0.492 e. The number of para-hydroxylation sites is 4. The quantitative estimate of drug-likeness (QED) is 0.0387. The fourth-order valence-corrected chi connectivity index (χ4v) is 15.9. The molecule has 2 fully saturated rings. The summed E-state index contributed by atoms with van der Waals surface area (Å²) < 4.78 is 73.4. The Bertz CT molecular complexity index is 5170. The zero-order valence-corrected chi connectivity index (χ0v) is 65.9. The number of aromatic nitrogens is 6. The van der Waals surface area contributed by atoms with Crippen LogP contribution in [-0.2, 0) is 9.53 Å². The Labute approximate surface area is 652 Å². The lowest BCUT2D eigenvalue weighted by Gasteiger charge is -2.33. The number of nitrogens with zero attached hydrogens (tertiary/aromatic N) is 7. The number of methoxy groups -OCH3 is 6. The van der Waals surface area contributed by atoms with Crippen molar-refractivity contribution in [1.82, 2.24) is 40.1 Å². The molecule has 2 saturated heterocycles. The highest BCUT2D eigenvalue weighted by molar-refractivity contribution is 7.20. The molecule has 14 rings (SSSR count). The van der Waals surface area contributed by atoms with Crippen molar-refractivity contribution in [3.63, 3.8) is 0 Å². The van der Waals surface area contributed by atoms with E-state index in [1.54, 1.807) is 105 Å². The summed E-state index contributed by atoms with van der Waals surface area (Å²) >= 11 is 10.9. The fourth-order valence-electron chi connectivity index (χ4n) is 12.8. The summed E-state index contributed by atoms with van der Waals surface area (Å²) in [7, 11) is 8.45. The maximum Gasteiger partial charge on any atom is 0.492 e. The van der Waals surface area contributed by atoms with Crippen molar-refractivity contribution in [2.24, 2.45) is 0 Å². The number of ether oxygens (including phenoxy) is 7. The summed E-state index contributed by atoms with van der Waals surface area (Å²) in [6.07, 6.45) is 4.24. The van der Waals surface area contributed by atoms with Crippen LogP contribution in [0.15, 0.2) is 152 Å². The maximum absolute atomic E-state index is 12.5. The number of carboxylic acids is 1. The van der Waals surface area contributed by atoms with Crippen LogP contribution in [0.3, 0.4) is 0 Å². The third-order valence-corrected chi connectivity index (χ3v) is 21.2. The van der Waals surface area contributed by atoms with Crippen molar-refractivity contribution in [1.29, 1.82) is 0 Å². The van der Waals surface area contributed by atoms with Crippen LogP contribution in [0.25, 0.3) is 64.0 Å². The zero-order valence-electron chi connectivity index (χ0n) is 62.7. The van der Waals surface area contributed by atoms with E-state index in [1.165, 1.54) is 28.0 Å². The molecule has 6 aromatic carbocycles. The van der Waals surface area contributed by atoms with Crippen molar-refractivity contribution < 1.29 is 71.1 Å². The van der Waals surface area contributed by atoms with Crippen LogP contribution >= 0.6 is 45.6 Å². The molecule has 12 aromatic rings. The number of thiophene rings is 3. The van der Waals surface area contributed by atoms with Gasteiger partial charge in [-0.25, -0.2) is 39.5 Å². The number of hydrogen-bond donors (Lipinski definition) is 6. The number of alkyl halides is 3. The molecule has 576 valence electrons. The lowest BCUT2D eigenvalue weighted by molar-refractivity contribution is -0.192. The van der Waals surface area contributed by atoms with Gasteiger partial charge in [0.05, 0.1) is 97.1 Å². The highest BCUT2D eigenvalue weighted by Crippen LogP contribution is 2.46. The van der Waals surface area contributed by atoms with Gasteiger partial charge in [-0.3, -0.25) is 0 Å². The van der Waals surface area contributed by atoms with Crippen molar-refractivity contribution in [2.75, 3.05) is 79.5 Å². The van der Waals surface area contributed by atoms with E-state index in [4.69, 9.17) is 74.7 Å². The van der Waals surface area contributed by atoms with Gasteiger partial charge >= 0.3 is 25.4 Å². The van der Waals surface area contributed by atoms with Crippen molar-refractivity contribution in [2.45, 2.75) is 90.8 Å². The average Bonchev–Trinajstić information content (AvgIpc) is 1.63. The van der Waals surface area contributed by atoms with Gasteiger partial charge in [0.15, 0.2) is 0 Å². The topological polar surface area (TPSA) is 276 Å². The second kappa shape index (κ2) is 37.3. The highest BCUT2D eigenvalue weighted by Gasteiger charge is 2.38. The standard InChI is InChI=1S/C31H36N4O4S.C26H28N4O2S.C14H11ClN2OS.C7H9BO3.C2HF3O2/c1-19-27(22-9-7-8-10-24(22)37-5)28-26(40-19)18-32-29(34-28)33-23-12-11-21(17-25(23)38-6)20-13-15-35(16-14-20)30(36)39-31(2,3)4;1-16-24(19-6-4-5-7-21(19)31-2)25-23(33-16)15-28-26(30-25)29-20-9-8-18(14-22(20)32-3)17-10-12-27-13-11-17;1-8-12(9-5-3-4-6-10(9)18-2)13-11(19-8)7-16-14(15)17-13;1-11-7-5-3-2-4-6(7)8(9)10;3-2(4,5)1(6)7/h7-12,17-18,20H,13-16H2,1-6H3,(H,32,33,34);4-9,14-15,17,27H,10-13H2,1-3H3,(H,28,29,30);3-7H,1-2H3;2-5,9-10H,1H3;(H,6,7). The van der Waals surface area contributed by atoms with Crippen molar-refractivity contribution in [3.8, 4) is 67.9 Å². The molecule has 6 N–H and O–H groups in total. The van der Waals surface area contributed by atoms with Crippen LogP contribution in [0.4, 0.5) is 41.2 Å². The number of hydrogen-bond acceptors (Lipinski definition) is 23. The van der Waals surface area contributed by atoms with Gasteiger partial charge < -0.3 is 69.2 Å². The lowest BCUT2D eigenvalue weighted by atomic mass is 9.80. The molecule has 22 nitrogen and oxygen atoms in total. The first-order valence-corrected chi connectivity index (χ1v) is 37.8. The highest BCUT2D eigenvalue weighted by atomic mass is 35.5. The predicted octanol–water partition coefficient (Wildman–Crippen LogP) is 17.8. The first-order valence-electron chi connectivity index (χ1n) is 35.0. The Kier molecular flexibility index (Phi) is 27.9. The number of nitrogens with one attached hydrogen (secondary N) is 3. The molecule has 0 unspecified atom stereocenters. The maximum atomic E-state index is 12.5. The Hall–Kier alpha value is -10.4. The fraction of sp³-hybridized carbons (Fsp3) is 0.300. The second-order valence-electron chi connectivity index (χ2n) is 26.2. The van der Waals surface area contributed by atoms with E-state index in [-0.39, 0.29) is 11.4 Å². The number of anilines is 4. The van der Waals surface area contributed by atoms with Crippen LogP contribution in [0.2, 0.25) is 5.28 Å². The Balaban J connectivity index is 0.000000163. The number of carboxylic acid groups (broad SMARTS) is 1. The minimum atomic E-state index is -5.08. The Morgan fingerprint density at radius 2 is 0.891 bits per heavy atom. The minimum Gasteiger partial charge on any atom is -0.497 e. The molecular formula is C80H85BClF3N10O12S3. The monoisotopic (exact) mass is 1580 g/mol. The molecular weight excluding hydrogens is 1490 g/mol. The molecule has 2 aliphatic rings. The van der Waals surface area contributed by atoms with Gasteiger partial charge in [-0.2, -0.15) is 13.2 Å². The summed E-state index contributed by atoms with van der Waals surface area (Å²) in [5, 5.41) is 35.2. The van der Waals surface area contributed by atoms with Crippen LogP contribution < -0.4 is 49.8 Å². The van der Waals surface area contributed by atoms with E-state index in [1.807, 2.05) is 99.9 Å². The number of aryl methyl sites for hydroxylation is 3. The molecule has 0 spiro atoms. The number of fused-ring (bicyclic) bond motifs is 3. The lowest BCUT2D eigenvalue weighted by Crippen LogP contribution is -2.41. The average molecular weight is 1580 g/mol. The molecule has 0 saturated carbocycles. The third-order valence-electron chi connectivity index (χ3n) is 18.0. The van der Waals surface area contributed by atoms with E-state index in [0.29, 0.717) is 48.0 Å². The summed E-state index contributed by atoms with van der Waals surface area (Å²) in [6, 6.07) is 43.4. The van der Waals surface area contributed by atoms with Crippen LogP contribution in [-0.4, -0.2) is 150 Å². The van der Waals surface area contributed by atoms with Gasteiger partial charge in [-0.15, -0.1) is 34.0 Å². The van der Waals surface area contributed by atoms with Crippen LogP contribution in [0.1, 0.15) is 84.0 Å². The summed E-state index contributed by atoms with van der Waals surface area (Å²) in [5.74, 6) is 3.70. The SMILES string of the molecule is COc1cc(C2CCN(C(=O)OC(C)(C)C)CC2)ccc1Nc1ncc2sc(C)c(-c3ccccc3OC)c2n1.COc1cc(C2CCNCC2)ccc1Nc1ncc2sc(C)c(-c3ccccc3OC)c2n1.COc1ccccc1-c1c(C)sc2cnc(Cl)nc12.COc1ccccc1B(O)O.O=C(O)C(F)(F)F. The van der Waals surface area contributed by atoms with Gasteiger partial charge in [0.25, 0.3) is 0 Å². The van der Waals surface area contributed by atoms with Gasteiger partial charge in [-0.1, -0.05) is 84.9 Å². The number of benzene rings is 6. The third kappa shape index (κ3) is 20.3. The largest absolute Gasteiger partial charge is 0.497 e. The van der Waals surface area contributed by atoms with E-state index >= 15 is 0 Å². The number of rotatable bonds is 16. The summed E-state index contributed by atoms with van der Waals surface area (Å²) in [6.45, 7) is 15.4. The number of aliphatic carboxylic acids is 1. The molecule has 8 heterocycles. The molecule has 110 heavy (non-hydrogen) atoms. The van der Waals surface area contributed by atoms with Crippen molar-refractivity contribution in [3.05, 3.63) is 183 Å². The number of piperidine rings is 2. The molecule has 0 aliphatic carbocycles. The molecule has 0 radical (unpaired) electrons. The molecule has 30 heteroatoms. The first kappa shape index (κ1) is 82.1. The number of likely N-dealkylation sites (tertiary alicyclic amines) is 1. The molecule has 0 bridgehead atoms. The van der Waals surface area contributed by atoms with Crippen LogP contribution in [0.5, 0.6) is 34.5 Å². The predicted molar refractivity (Wildman–Crippen MR) is 431 cm³/mol. The Morgan fingerprint density at radius 1 is 0.527 bits per heavy atom. The van der Waals surface area contributed by atoms with E-state index in [9.17, 15) is 18.0 Å². The molecule has 6 aromatic heterocycles. The van der Waals surface area contributed by atoms with Crippen LogP contribution in [0, 0.1) is 20.8 Å². The normalized spacial score (nSPS) is 13.1. The van der Waals surface area contributed by atoms with E-state index < -0.39 is 24.9 Å². The van der Waals surface area contributed by atoms with E-state index in [0.717, 1.165) is 148 Å². The van der Waals surface area contributed by atoms with Gasteiger partial charge in [-0.05, 0) is 163 Å². The van der Waals surface area contributed by atoms with Gasteiger partial charge in [0.1, 0.15) is 40.1 Å². The Morgan fingerprint density at radius 3 is 1.26 bits per heavy atom. The minimum absolute atomic E-state index is 0.241. The first-order chi connectivity index (χ1) is 52.7. The summed E-state index contributed by atoms with van der Waals surface area (Å²) in [4.78, 5) is 54.0.